The summed E-state index contributed by atoms with van der Waals surface area (Å²) in [6.45, 7) is 8.48. The van der Waals surface area contributed by atoms with Gasteiger partial charge >= 0.3 is 0 Å². The van der Waals surface area contributed by atoms with Crippen molar-refractivity contribution in [1.29, 1.82) is 0 Å². The number of rotatable bonds is 6. The average Bonchev–Trinajstić information content (AvgIpc) is 2.44. The van der Waals surface area contributed by atoms with Gasteiger partial charge in [0.05, 0.1) is 0 Å². The lowest BCUT2D eigenvalue weighted by Crippen LogP contribution is -2.14. The highest BCUT2D eigenvalue weighted by Gasteiger charge is 2.05. The Balaban J connectivity index is 2.09. The first-order valence-corrected chi connectivity index (χ1v) is 8.95. The van der Waals surface area contributed by atoms with Gasteiger partial charge in [0.1, 0.15) is 0 Å². The molecule has 0 heterocycles. The zero-order valence-electron chi connectivity index (χ0n) is 12.9. The fourth-order valence-corrected chi connectivity index (χ4v) is 3.77. The molecule has 0 amide bonds. The molecule has 1 N–H and O–H groups in total. The van der Waals surface area contributed by atoms with Gasteiger partial charge in [0.15, 0.2) is 0 Å². The molecule has 21 heavy (non-hydrogen) atoms. The summed E-state index contributed by atoms with van der Waals surface area (Å²) in [5.74, 6) is 0. The fourth-order valence-electron chi connectivity index (χ4n) is 2.18. The van der Waals surface area contributed by atoms with E-state index in [4.69, 9.17) is 0 Å². The summed E-state index contributed by atoms with van der Waals surface area (Å²) in [7, 11) is 0. The van der Waals surface area contributed by atoms with Gasteiger partial charge in [0.25, 0.3) is 0 Å². The third-order valence-electron chi connectivity index (χ3n) is 3.33. The van der Waals surface area contributed by atoms with Crippen molar-refractivity contribution >= 4 is 27.7 Å². The van der Waals surface area contributed by atoms with Crippen molar-refractivity contribution in [2.24, 2.45) is 0 Å². The number of halogens is 1. The van der Waals surface area contributed by atoms with E-state index in [-0.39, 0.29) is 0 Å². The highest BCUT2D eigenvalue weighted by Crippen LogP contribution is 2.33. The highest BCUT2D eigenvalue weighted by atomic mass is 79.9. The van der Waals surface area contributed by atoms with Crippen LogP contribution in [0.3, 0.4) is 0 Å². The van der Waals surface area contributed by atoms with Crippen LogP contribution in [-0.4, -0.2) is 6.54 Å². The number of aryl methyl sites for hydroxylation is 2. The van der Waals surface area contributed by atoms with Crippen molar-refractivity contribution in [1.82, 2.24) is 5.32 Å². The second-order valence-corrected chi connectivity index (χ2v) is 7.27. The van der Waals surface area contributed by atoms with Gasteiger partial charge in [-0.2, -0.15) is 0 Å². The molecule has 2 aromatic rings. The molecule has 0 saturated carbocycles. The number of benzene rings is 2. The summed E-state index contributed by atoms with van der Waals surface area (Å²) in [5.41, 5.74) is 3.97. The van der Waals surface area contributed by atoms with E-state index in [0.29, 0.717) is 0 Å². The van der Waals surface area contributed by atoms with Crippen LogP contribution in [0, 0.1) is 13.8 Å². The number of nitrogens with one attached hydrogen (secondary N) is 1. The van der Waals surface area contributed by atoms with Gasteiger partial charge in [-0.1, -0.05) is 58.4 Å². The van der Waals surface area contributed by atoms with E-state index in [0.717, 1.165) is 19.5 Å². The monoisotopic (exact) mass is 363 g/mol. The van der Waals surface area contributed by atoms with Gasteiger partial charge in [-0.15, -0.1) is 0 Å². The van der Waals surface area contributed by atoms with Gasteiger partial charge in [-0.3, -0.25) is 0 Å². The summed E-state index contributed by atoms with van der Waals surface area (Å²) >= 11 is 5.51. The molecule has 2 aromatic carbocycles. The second-order valence-electron chi connectivity index (χ2n) is 5.30. The molecule has 0 fully saturated rings. The normalized spacial score (nSPS) is 10.9. The maximum Gasteiger partial charge on any atom is 0.0231 e. The van der Waals surface area contributed by atoms with E-state index in [9.17, 15) is 0 Å². The smallest absolute Gasteiger partial charge is 0.0231 e. The molecule has 0 bridgehead atoms. The van der Waals surface area contributed by atoms with Crippen LogP contribution in [0.5, 0.6) is 0 Å². The quantitative estimate of drug-likeness (QED) is 0.658. The Bertz CT molecular complexity index is 610. The molecule has 3 heteroatoms. The van der Waals surface area contributed by atoms with Crippen molar-refractivity contribution in [2.75, 3.05) is 6.54 Å². The zero-order chi connectivity index (χ0) is 15.2. The predicted octanol–water partition coefficient (Wildman–Crippen LogP) is 5.72. The van der Waals surface area contributed by atoms with Crippen LogP contribution in [-0.2, 0) is 6.54 Å². The summed E-state index contributed by atoms with van der Waals surface area (Å²) in [6, 6.07) is 13.2. The molecular weight excluding hydrogens is 342 g/mol. The van der Waals surface area contributed by atoms with Crippen molar-refractivity contribution in [3.8, 4) is 0 Å². The highest BCUT2D eigenvalue weighted by molar-refractivity contribution is 9.10. The summed E-state index contributed by atoms with van der Waals surface area (Å²) in [4.78, 5) is 2.59. The molecule has 0 aliphatic heterocycles. The first kappa shape index (κ1) is 16.6. The molecule has 0 aliphatic rings. The molecule has 0 unspecified atom stereocenters. The lowest BCUT2D eigenvalue weighted by atomic mass is 10.2. The summed E-state index contributed by atoms with van der Waals surface area (Å²) in [6.07, 6.45) is 1.16. The van der Waals surface area contributed by atoms with E-state index < -0.39 is 0 Å². The molecular formula is C18H22BrNS. The minimum Gasteiger partial charge on any atom is -0.313 e. The van der Waals surface area contributed by atoms with Gasteiger partial charge in [0, 0.05) is 20.8 Å². The van der Waals surface area contributed by atoms with Crippen molar-refractivity contribution in [3.05, 3.63) is 57.6 Å². The van der Waals surface area contributed by atoms with Crippen LogP contribution in [0.2, 0.25) is 0 Å². The van der Waals surface area contributed by atoms with Crippen molar-refractivity contribution in [2.45, 2.75) is 43.5 Å². The van der Waals surface area contributed by atoms with Crippen molar-refractivity contribution in [3.63, 3.8) is 0 Å². The fraction of sp³-hybridized carbons (Fsp3) is 0.333. The molecule has 1 nitrogen and oxygen atoms in total. The van der Waals surface area contributed by atoms with Gasteiger partial charge in [-0.05, 0) is 56.1 Å². The first-order valence-electron chi connectivity index (χ1n) is 7.34. The third-order valence-corrected chi connectivity index (χ3v) is 5.23. The van der Waals surface area contributed by atoms with Crippen molar-refractivity contribution < 1.29 is 0 Å². The number of hydrogen-bond donors (Lipinski definition) is 1. The van der Waals surface area contributed by atoms with Gasteiger partial charge < -0.3 is 5.32 Å². The summed E-state index contributed by atoms with van der Waals surface area (Å²) < 4.78 is 1.18. The second kappa shape index (κ2) is 8.02. The maximum atomic E-state index is 3.69. The Hall–Kier alpha value is -0.770. The Labute approximate surface area is 140 Å². The SMILES string of the molecule is CCCNCc1ccc(Sc2ccc(C)cc2C)cc1Br. The Kier molecular flexibility index (Phi) is 6.34. The minimum atomic E-state index is 0.920. The van der Waals surface area contributed by atoms with Crippen LogP contribution in [0.4, 0.5) is 0 Å². The lowest BCUT2D eigenvalue weighted by molar-refractivity contribution is 0.673. The Morgan fingerprint density at radius 1 is 1.10 bits per heavy atom. The van der Waals surface area contributed by atoms with Crippen LogP contribution in [0.25, 0.3) is 0 Å². The van der Waals surface area contributed by atoms with E-state index >= 15 is 0 Å². The van der Waals surface area contributed by atoms with Gasteiger partial charge in [-0.25, -0.2) is 0 Å². The van der Waals surface area contributed by atoms with E-state index in [1.807, 2.05) is 11.8 Å². The lowest BCUT2D eigenvalue weighted by Gasteiger charge is -2.10. The van der Waals surface area contributed by atoms with Crippen LogP contribution >= 0.6 is 27.7 Å². The topological polar surface area (TPSA) is 12.0 Å². The predicted molar refractivity (Wildman–Crippen MR) is 96.2 cm³/mol. The van der Waals surface area contributed by atoms with Crippen LogP contribution in [0.1, 0.15) is 30.0 Å². The Morgan fingerprint density at radius 2 is 1.90 bits per heavy atom. The molecule has 0 radical (unpaired) electrons. The molecule has 2 rings (SSSR count). The third kappa shape index (κ3) is 4.87. The molecule has 0 atom stereocenters. The van der Waals surface area contributed by atoms with Crippen LogP contribution in [0.15, 0.2) is 50.7 Å². The van der Waals surface area contributed by atoms with E-state index in [2.05, 4.69) is 78.4 Å². The molecule has 0 aromatic heterocycles. The largest absolute Gasteiger partial charge is 0.313 e. The molecule has 0 aliphatic carbocycles. The average molecular weight is 364 g/mol. The number of hydrogen-bond acceptors (Lipinski definition) is 2. The summed E-state index contributed by atoms with van der Waals surface area (Å²) in [5, 5.41) is 3.44. The van der Waals surface area contributed by atoms with Crippen LogP contribution < -0.4 is 5.32 Å². The van der Waals surface area contributed by atoms with E-state index in [1.165, 1.54) is 31.0 Å². The maximum absolute atomic E-state index is 3.69. The standard InChI is InChI=1S/C18H22BrNS/c1-4-9-20-12-15-6-7-16(11-17(15)19)21-18-8-5-13(2)10-14(18)3/h5-8,10-11,20H,4,9,12H2,1-3H3. The Morgan fingerprint density at radius 3 is 2.57 bits per heavy atom. The zero-order valence-corrected chi connectivity index (χ0v) is 15.3. The first-order chi connectivity index (χ1) is 10.1. The van der Waals surface area contributed by atoms with E-state index in [1.54, 1.807) is 0 Å². The van der Waals surface area contributed by atoms with Gasteiger partial charge in [0.2, 0.25) is 0 Å². The molecule has 112 valence electrons. The molecule has 0 saturated heterocycles. The molecule has 0 spiro atoms. The minimum absolute atomic E-state index is 0.920.